The molecule has 0 fully saturated rings. The minimum absolute atomic E-state index is 0.713. The number of hydrogen-bond donors (Lipinski definition) is 1. The third-order valence-electron chi connectivity index (χ3n) is 2.52. The number of nitrogens with zero attached hydrogens (tertiary/aromatic N) is 2. The molecule has 3 heterocycles. The van der Waals surface area contributed by atoms with Crippen LogP contribution in [0, 0.1) is 6.92 Å². The number of aromatic nitrogens is 2. The lowest BCUT2D eigenvalue weighted by Gasteiger charge is -1.95. The first-order valence-electron chi connectivity index (χ1n) is 5.04. The van der Waals surface area contributed by atoms with Gasteiger partial charge in [-0.15, -0.1) is 11.3 Å². The summed E-state index contributed by atoms with van der Waals surface area (Å²) in [4.78, 5) is 7.02. The van der Waals surface area contributed by atoms with Gasteiger partial charge in [-0.25, -0.2) is 4.98 Å². The minimum atomic E-state index is 0.713. The van der Waals surface area contributed by atoms with Crippen molar-refractivity contribution < 1.29 is 0 Å². The van der Waals surface area contributed by atoms with Crippen LogP contribution < -0.4 is 5.73 Å². The second-order valence-electron chi connectivity index (χ2n) is 3.72. The molecule has 0 saturated heterocycles. The minimum Gasteiger partial charge on any atom is -0.385 e. The van der Waals surface area contributed by atoms with E-state index in [9.17, 15) is 0 Å². The van der Waals surface area contributed by atoms with Gasteiger partial charge in [0.1, 0.15) is 11.5 Å². The van der Waals surface area contributed by atoms with E-state index >= 15 is 0 Å². The molecule has 0 aliphatic carbocycles. The summed E-state index contributed by atoms with van der Waals surface area (Å²) in [6, 6.07) is 9.95. The number of aryl methyl sites for hydroxylation is 1. The van der Waals surface area contributed by atoms with Gasteiger partial charge in [0.2, 0.25) is 0 Å². The summed E-state index contributed by atoms with van der Waals surface area (Å²) in [7, 11) is 0. The van der Waals surface area contributed by atoms with Crippen molar-refractivity contribution in [1.29, 1.82) is 0 Å². The van der Waals surface area contributed by atoms with Crippen LogP contribution in [0.15, 0.2) is 36.5 Å². The van der Waals surface area contributed by atoms with E-state index in [1.165, 1.54) is 9.75 Å². The Labute approximate surface area is 97.2 Å². The van der Waals surface area contributed by atoms with E-state index in [4.69, 9.17) is 5.73 Å². The molecule has 4 heteroatoms. The highest BCUT2D eigenvalue weighted by atomic mass is 32.1. The van der Waals surface area contributed by atoms with Crippen molar-refractivity contribution in [3.8, 4) is 10.6 Å². The SMILES string of the molecule is Cc1ccc(-c2cn3c(N)cccc3n2)s1. The van der Waals surface area contributed by atoms with Gasteiger partial charge in [-0.05, 0) is 31.2 Å². The summed E-state index contributed by atoms with van der Waals surface area (Å²) >= 11 is 1.75. The fourth-order valence-corrected chi connectivity index (χ4v) is 2.54. The number of imidazole rings is 1. The summed E-state index contributed by atoms with van der Waals surface area (Å²) in [5.74, 6) is 0.713. The topological polar surface area (TPSA) is 43.3 Å². The summed E-state index contributed by atoms with van der Waals surface area (Å²) < 4.78 is 1.91. The molecule has 3 nitrogen and oxygen atoms in total. The molecule has 0 bridgehead atoms. The van der Waals surface area contributed by atoms with Gasteiger partial charge in [-0.2, -0.15) is 0 Å². The number of thiophene rings is 1. The quantitative estimate of drug-likeness (QED) is 0.697. The van der Waals surface area contributed by atoms with Gasteiger partial charge in [-0.1, -0.05) is 6.07 Å². The van der Waals surface area contributed by atoms with Gasteiger partial charge in [-0.3, -0.25) is 4.40 Å². The summed E-state index contributed by atoms with van der Waals surface area (Å²) in [5.41, 5.74) is 7.75. The second kappa shape index (κ2) is 3.35. The number of hydrogen-bond acceptors (Lipinski definition) is 3. The molecular formula is C12H11N3S. The molecule has 0 spiro atoms. The van der Waals surface area contributed by atoms with Crippen LogP contribution in [0.5, 0.6) is 0 Å². The number of nitrogen functional groups attached to an aromatic ring is 1. The Kier molecular flexibility index (Phi) is 1.97. The van der Waals surface area contributed by atoms with Crippen molar-refractivity contribution in [3.63, 3.8) is 0 Å². The molecule has 0 unspecified atom stereocenters. The van der Waals surface area contributed by atoms with Gasteiger partial charge < -0.3 is 5.73 Å². The van der Waals surface area contributed by atoms with Crippen LogP contribution in [-0.2, 0) is 0 Å². The van der Waals surface area contributed by atoms with Crippen molar-refractivity contribution in [2.75, 3.05) is 5.73 Å². The Balaban J connectivity index is 2.22. The fraction of sp³-hybridized carbons (Fsp3) is 0.0833. The third-order valence-corrected chi connectivity index (χ3v) is 3.54. The molecular weight excluding hydrogens is 218 g/mol. The van der Waals surface area contributed by atoms with Gasteiger partial charge in [0.25, 0.3) is 0 Å². The molecule has 3 rings (SSSR count). The Hall–Kier alpha value is -1.81. The maximum absolute atomic E-state index is 5.88. The van der Waals surface area contributed by atoms with Crippen LogP contribution in [0.1, 0.15) is 4.88 Å². The first-order chi connectivity index (χ1) is 7.74. The number of rotatable bonds is 1. The van der Waals surface area contributed by atoms with Crippen molar-refractivity contribution in [3.05, 3.63) is 41.4 Å². The van der Waals surface area contributed by atoms with E-state index < -0.39 is 0 Å². The van der Waals surface area contributed by atoms with Crippen molar-refractivity contribution in [2.24, 2.45) is 0 Å². The van der Waals surface area contributed by atoms with Gasteiger partial charge in [0, 0.05) is 11.1 Å². The highest BCUT2D eigenvalue weighted by Crippen LogP contribution is 2.27. The highest BCUT2D eigenvalue weighted by molar-refractivity contribution is 7.15. The van der Waals surface area contributed by atoms with E-state index in [1.807, 2.05) is 28.8 Å². The number of anilines is 1. The molecule has 3 aromatic rings. The van der Waals surface area contributed by atoms with Gasteiger partial charge in [0.05, 0.1) is 10.6 Å². The Bertz CT molecular complexity index is 651. The zero-order valence-electron chi connectivity index (χ0n) is 8.84. The van der Waals surface area contributed by atoms with Crippen molar-refractivity contribution in [1.82, 2.24) is 9.38 Å². The van der Waals surface area contributed by atoms with E-state index in [0.29, 0.717) is 5.82 Å². The lowest BCUT2D eigenvalue weighted by Crippen LogP contribution is -1.93. The average molecular weight is 229 g/mol. The summed E-state index contributed by atoms with van der Waals surface area (Å²) in [6.07, 6.45) is 1.98. The molecule has 0 amide bonds. The monoisotopic (exact) mass is 229 g/mol. The molecule has 0 radical (unpaired) electrons. The maximum atomic E-state index is 5.88. The molecule has 0 saturated carbocycles. The maximum Gasteiger partial charge on any atom is 0.139 e. The van der Waals surface area contributed by atoms with Crippen LogP contribution in [0.2, 0.25) is 0 Å². The first kappa shape index (κ1) is 9.42. The molecule has 0 aromatic carbocycles. The van der Waals surface area contributed by atoms with Gasteiger partial charge in [0.15, 0.2) is 0 Å². The van der Waals surface area contributed by atoms with Crippen molar-refractivity contribution in [2.45, 2.75) is 6.92 Å². The largest absolute Gasteiger partial charge is 0.385 e. The molecule has 80 valence electrons. The van der Waals surface area contributed by atoms with Crippen molar-refractivity contribution >= 4 is 22.8 Å². The summed E-state index contributed by atoms with van der Waals surface area (Å²) in [5, 5.41) is 0. The lowest BCUT2D eigenvalue weighted by atomic mass is 10.4. The number of nitrogens with two attached hydrogens (primary N) is 1. The molecule has 0 aliphatic heterocycles. The third kappa shape index (κ3) is 1.39. The number of pyridine rings is 1. The molecule has 0 aliphatic rings. The molecule has 2 N–H and O–H groups in total. The Morgan fingerprint density at radius 1 is 1.25 bits per heavy atom. The number of fused-ring (bicyclic) bond motifs is 1. The van der Waals surface area contributed by atoms with Crippen LogP contribution in [0.25, 0.3) is 16.2 Å². The van der Waals surface area contributed by atoms with E-state index in [2.05, 4.69) is 24.0 Å². The summed E-state index contributed by atoms with van der Waals surface area (Å²) in [6.45, 7) is 2.10. The first-order valence-corrected chi connectivity index (χ1v) is 5.86. The van der Waals surface area contributed by atoms with Crippen LogP contribution in [-0.4, -0.2) is 9.38 Å². The Morgan fingerprint density at radius 2 is 2.12 bits per heavy atom. The predicted octanol–water partition coefficient (Wildman–Crippen LogP) is 2.95. The molecule has 16 heavy (non-hydrogen) atoms. The Morgan fingerprint density at radius 3 is 2.81 bits per heavy atom. The van der Waals surface area contributed by atoms with Crippen LogP contribution in [0.3, 0.4) is 0 Å². The van der Waals surface area contributed by atoms with Gasteiger partial charge >= 0.3 is 0 Å². The highest BCUT2D eigenvalue weighted by Gasteiger charge is 2.07. The zero-order chi connectivity index (χ0) is 11.1. The van der Waals surface area contributed by atoms with Crippen LogP contribution >= 0.6 is 11.3 Å². The van der Waals surface area contributed by atoms with Crippen LogP contribution in [0.4, 0.5) is 5.82 Å². The average Bonchev–Trinajstić information content (AvgIpc) is 2.84. The molecule has 0 atom stereocenters. The lowest BCUT2D eigenvalue weighted by molar-refractivity contribution is 1.20. The van der Waals surface area contributed by atoms with E-state index in [1.54, 1.807) is 11.3 Å². The predicted molar refractivity (Wildman–Crippen MR) is 67.7 cm³/mol. The normalized spacial score (nSPS) is 11.1. The second-order valence-corrected chi connectivity index (χ2v) is 5.00. The molecule has 3 aromatic heterocycles. The standard InChI is InChI=1S/C12H11N3S/c1-8-5-6-10(16-8)9-7-15-11(13)3-2-4-12(15)14-9/h2-7H,13H2,1H3. The van der Waals surface area contributed by atoms with E-state index in [-0.39, 0.29) is 0 Å². The zero-order valence-corrected chi connectivity index (χ0v) is 9.66. The fourth-order valence-electron chi connectivity index (χ4n) is 1.72. The van der Waals surface area contributed by atoms with E-state index in [0.717, 1.165) is 11.3 Å². The smallest absolute Gasteiger partial charge is 0.139 e.